The molecule has 0 amide bonds. The van der Waals surface area contributed by atoms with Crippen molar-refractivity contribution in [1.29, 1.82) is 0 Å². The third-order valence-electron chi connectivity index (χ3n) is 3.14. The van der Waals surface area contributed by atoms with Crippen LogP contribution in [0.5, 0.6) is 0 Å². The molecule has 20 heavy (non-hydrogen) atoms. The van der Waals surface area contributed by atoms with Crippen molar-refractivity contribution in [3.05, 3.63) is 0 Å². The summed E-state index contributed by atoms with van der Waals surface area (Å²) in [6.45, 7) is 4.01. The average Bonchev–Trinajstić information content (AvgIpc) is 2.45. The minimum atomic E-state index is -0.813. The van der Waals surface area contributed by atoms with Gasteiger partial charge in [-0.2, -0.15) is 0 Å². The quantitative estimate of drug-likeness (QED) is 0.448. The Balaban J connectivity index is 3.81. The Kier molecular flexibility index (Phi) is 12.4. The number of hydrogen-bond acceptors (Lipinski definition) is 3. The Labute approximate surface area is 123 Å². The van der Waals surface area contributed by atoms with Crippen molar-refractivity contribution in [1.82, 2.24) is 0 Å². The fraction of sp³-hybridized carbons (Fsp3) is 0.765. The predicted molar refractivity (Wildman–Crippen MR) is 81.9 cm³/mol. The molecule has 0 aromatic heterocycles. The van der Waals surface area contributed by atoms with Gasteiger partial charge < -0.3 is 15.3 Å². The Bertz CT molecular complexity index is 343. The lowest BCUT2D eigenvalue weighted by atomic mass is 10.0. The molecule has 114 valence electrons. The standard InChI is InChI=1S/C17H28O3/c1-3-5-6-7-10-13-16(19)17(20)14-11-8-9-12-15(18)4-2/h15-20H,3-7,10,13-14H2,1-2H3/t15-,16-,17-/m0/s1. The molecular formula is C17H28O3. The second-order valence-corrected chi connectivity index (χ2v) is 5.04. The monoisotopic (exact) mass is 280 g/mol. The molecule has 0 heterocycles. The number of hydrogen-bond donors (Lipinski definition) is 3. The lowest BCUT2D eigenvalue weighted by Crippen LogP contribution is -2.25. The zero-order valence-electron chi connectivity index (χ0n) is 12.7. The minimum Gasteiger partial charge on any atom is -0.390 e. The van der Waals surface area contributed by atoms with Crippen molar-refractivity contribution < 1.29 is 15.3 Å². The van der Waals surface area contributed by atoms with Crippen molar-refractivity contribution in [2.45, 2.75) is 83.5 Å². The Morgan fingerprint density at radius 3 is 2.20 bits per heavy atom. The first-order valence-corrected chi connectivity index (χ1v) is 7.64. The van der Waals surface area contributed by atoms with Gasteiger partial charge in [-0.3, -0.25) is 0 Å². The van der Waals surface area contributed by atoms with Gasteiger partial charge in [-0.1, -0.05) is 57.8 Å². The lowest BCUT2D eigenvalue weighted by Gasteiger charge is -2.15. The minimum absolute atomic E-state index is 0.215. The normalized spacial score (nSPS) is 14.4. The Morgan fingerprint density at radius 1 is 0.850 bits per heavy atom. The highest BCUT2D eigenvalue weighted by Crippen LogP contribution is 2.10. The van der Waals surface area contributed by atoms with Crippen molar-refractivity contribution in [2.24, 2.45) is 0 Å². The van der Waals surface area contributed by atoms with Gasteiger partial charge in [0.15, 0.2) is 0 Å². The van der Waals surface area contributed by atoms with Crippen LogP contribution in [0.2, 0.25) is 0 Å². The second-order valence-electron chi connectivity index (χ2n) is 5.04. The third kappa shape index (κ3) is 10.9. The van der Waals surface area contributed by atoms with Crippen molar-refractivity contribution in [2.75, 3.05) is 0 Å². The highest BCUT2D eigenvalue weighted by atomic mass is 16.3. The SMILES string of the molecule is CCCCCCC[C@H](O)[C@@H](O)CC#CC#C[C@@H](O)CC. The van der Waals surface area contributed by atoms with E-state index in [1.54, 1.807) is 0 Å². The van der Waals surface area contributed by atoms with E-state index in [2.05, 4.69) is 30.6 Å². The van der Waals surface area contributed by atoms with Gasteiger partial charge in [0.05, 0.1) is 12.2 Å². The van der Waals surface area contributed by atoms with E-state index in [0.29, 0.717) is 12.8 Å². The maximum atomic E-state index is 9.76. The van der Waals surface area contributed by atoms with Gasteiger partial charge in [-0.25, -0.2) is 0 Å². The van der Waals surface area contributed by atoms with E-state index in [4.69, 9.17) is 0 Å². The van der Waals surface area contributed by atoms with E-state index >= 15 is 0 Å². The van der Waals surface area contributed by atoms with E-state index in [1.165, 1.54) is 19.3 Å². The summed E-state index contributed by atoms with van der Waals surface area (Å²) in [4.78, 5) is 0. The van der Waals surface area contributed by atoms with Crippen LogP contribution in [0.3, 0.4) is 0 Å². The average molecular weight is 280 g/mol. The van der Waals surface area contributed by atoms with Crippen LogP contribution in [0.25, 0.3) is 0 Å². The summed E-state index contributed by atoms with van der Waals surface area (Å²) < 4.78 is 0. The van der Waals surface area contributed by atoms with Crippen molar-refractivity contribution >= 4 is 0 Å². The van der Waals surface area contributed by atoms with Crippen LogP contribution in [0, 0.1) is 23.7 Å². The topological polar surface area (TPSA) is 60.7 Å². The molecule has 0 aromatic rings. The van der Waals surface area contributed by atoms with E-state index in [1.807, 2.05) is 6.92 Å². The van der Waals surface area contributed by atoms with Gasteiger partial charge in [0.2, 0.25) is 0 Å². The summed E-state index contributed by atoms with van der Waals surface area (Å²) in [7, 11) is 0. The molecule has 0 saturated carbocycles. The Morgan fingerprint density at radius 2 is 1.55 bits per heavy atom. The highest BCUT2D eigenvalue weighted by molar-refractivity contribution is 5.27. The Hall–Kier alpha value is -1.00. The molecule has 0 saturated heterocycles. The number of aliphatic hydroxyl groups is 3. The molecule has 0 aliphatic rings. The van der Waals surface area contributed by atoms with E-state index in [-0.39, 0.29) is 6.42 Å². The van der Waals surface area contributed by atoms with Gasteiger partial charge in [0, 0.05) is 6.42 Å². The lowest BCUT2D eigenvalue weighted by molar-refractivity contribution is 0.0165. The molecule has 3 N–H and O–H groups in total. The van der Waals surface area contributed by atoms with E-state index in [0.717, 1.165) is 12.8 Å². The summed E-state index contributed by atoms with van der Waals surface area (Å²) in [6, 6.07) is 0. The smallest absolute Gasteiger partial charge is 0.115 e. The molecule has 0 radical (unpaired) electrons. The summed E-state index contributed by atoms with van der Waals surface area (Å²) in [5.74, 6) is 10.4. The molecule has 0 aromatic carbocycles. The second kappa shape index (κ2) is 13.0. The molecule has 3 nitrogen and oxygen atoms in total. The van der Waals surface area contributed by atoms with Crippen molar-refractivity contribution in [3.63, 3.8) is 0 Å². The van der Waals surface area contributed by atoms with Gasteiger partial charge in [-0.15, -0.1) is 0 Å². The molecule has 3 atom stereocenters. The van der Waals surface area contributed by atoms with Gasteiger partial charge >= 0.3 is 0 Å². The first-order valence-electron chi connectivity index (χ1n) is 7.64. The van der Waals surface area contributed by atoms with Gasteiger partial charge in [0.25, 0.3) is 0 Å². The van der Waals surface area contributed by atoms with Crippen LogP contribution >= 0.6 is 0 Å². The molecule has 0 unspecified atom stereocenters. The maximum Gasteiger partial charge on any atom is 0.115 e. The largest absolute Gasteiger partial charge is 0.390 e. The maximum absolute atomic E-state index is 9.76. The van der Waals surface area contributed by atoms with Crippen LogP contribution in [0.1, 0.15) is 65.2 Å². The summed E-state index contributed by atoms with van der Waals surface area (Å²) in [6.07, 6.45) is 4.91. The molecule has 0 aliphatic carbocycles. The van der Waals surface area contributed by atoms with E-state index in [9.17, 15) is 15.3 Å². The molecule has 3 heteroatoms. The first kappa shape index (κ1) is 19.0. The first-order chi connectivity index (χ1) is 9.61. The molecule has 0 bridgehead atoms. The molecule has 0 aliphatic heterocycles. The fourth-order valence-corrected chi connectivity index (χ4v) is 1.71. The summed E-state index contributed by atoms with van der Waals surface area (Å²) in [5.41, 5.74) is 0. The molecule has 0 spiro atoms. The summed E-state index contributed by atoms with van der Waals surface area (Å²) in [5, 5.41) is 28.7. The zero-order valence-corrected chi connectivity index (χ0v) is 12.7. The highest BCUT2D eigenvalue weighted by Gasteiger charge is 2.14. The van der Waals surface area contributed by atoms with Gasteiger partial charge in [-0.05, 0) is 24.7 Å². The van der Waals surface area contributed by atoms with Crippen LogP contribution in [0.15, 0.2) is 0 Å². The number of unbranched alkanes of at least 4 members (excludes halogenated alkanes) is 4. The van der Waals surface area contributed by atoms with Gasteiger partial charge in [0.1, 0.15) is 6.10 Å². The third-order valence-corrected chi connectivity index (χ3v) is 3.14. The van der Waals surface area contributed by atoms with Crippen LogP contribution in [-0.4, -0.2) is 33.6 Å². The number of rotatable bonds is 9. The molecule has 0 rings (SSSR count). The molecular weight excluding hydrogens is 252 g/mol. The zero-order chi connectivity index (χ0) is 15.2. The van der Waals surface area contributed by atoms with E-state index < -0.39 is 18.3 Å². The predicted octanol–water partition coefficient (Wildman–Crippen LogP) is 2.24. The van der Waals surface area contributed by atoms with Crippen LogP contribution < -0.4 is 0 Å². The van der Waals surface area contributed by atoms with Crippen LogP contribution in [0.4, 0.5) is 0 Å². The fourth-order valence-electron chi connectivity index (χ4n) is 1.71. The van der Waals surface area contributed by atoms with Crippen molar-refractivity contribution in [3.8, 4) is 23.7 Å². The molecule has 0 fully saturated rings. The van der Waals surface area contributed by atoms with Crippen LogP contribution in [-0.2, 0) is 0 Å². The summed E-state index contributed by atoms with van der Waals surface area (Å²) >= 11 is 0. The number of aliphatic hydroxyl groups excluding tert-OH is 3.